The number of nitrogens with zero attached hydrogens (tertiary/aromatic N) is 4. The van der Waals surface area contributed by atoms with E-state index in [-0.39, 0.29) is 5.56 Å². The van der Waals surface area contributed by atoms with Gasteiger partial charge in [0.05, 0.1) is 25.5 Å². The van der Waals surface area contributed by atoms with Crippen molar-refractivity contribution in [2.45, 2.75) is 19.3 Å². The standard InChI is InChI=1S/C21H22N4O3/c1-13-22-10-18(14-4-7-20(26)25(2)11-14)21(24-13)28-12-15-8-17(15)19-6-5-16(27-3)9-23-19/h4-7,9-11,15,17H,8,12H2,1-3H3/t15-,17+/m1/s1. The number of aryl methyl sites for hydroxylation is 2. The molecule has 0 unspecified atom stereocenters. The Morgan fingerprint density at radius 3 is 2.75 bits per heavy atom. The Hall–Kier alpha value is -3.22. The Morgan fingerprint density at radius 2 is 2.04 bits per heavy atom. The molecule has 4 rings (SSSR count). The minimum atomic E-state index is -0.0629. The molecule has 1 fully saturated rings. The molecular weight excluding hydrogens is 356 g/mol. The highest BCUT2D eigenvalue weighted by Crippen LogP contribution is 2.47. The van der Waals surface area contributed by atoms with Gasteiger partial charge in [0, 0.05) is 48.6 Å². The van der Waals surface area contributed by atoms with Crippen molar-refractivity contribution in [3.63, 3.8) is 0 Å². The van der Waals surface area contributed by atoms with E-state index < -0.39 is 0 Å². The maximum absolute atomic E-state index is 11.7. The molecule has 0 radical (unpaired) electrons. The first-order chi connectivity index (χ1) is 13.5. The van der Waals surface area contributed by atoms with Crippen molar-refractivity contribution in [1.29, 1.82) is 0 Å². The lowest BCUT2D eigenvalue weighted by molar-refractivity contribution is 0.285. The number of pyridine rings is 2. The summed E-state index contributed by atoms with van der Waals surface area (Å²) >= 11 is 0. The molecule has 1 aliphatic carbocycles. The van der Waals surface area contributed by atoms with E-state index in [9.17, 15) is 4.79 Å². The maximum Gasteiger partial charge on any atom is 0.250 e. The van der Waals surface area contributed by atoms with Gasteiger partial charge in [-0.2, -0.15) is 4.98 Å². The summed E-state index contributed by atoms with van der Waals surface area (Å²) in [6.45, 7) is 2.40. The van der Waals surface area contributed by atoms with Gasteiger partial charge in [0.15, 0.2) is 0 Å². The zero-order valence-electron chi connectivity index (χ0n) is 16.1. The zero-order chi connectivity index (χ0) is 19.7. The third-order valence-corrected chi connectivity index (χ3v) is 5.00. The highest BCUT2D eigenvalue weighted by molar-refractivity contribution is 5.66. The molecule has 0 bridgehead atoms. The van der Waals surface area contributed by atoms with Crippen LogP contribution in [-0.2, 0) is 7.05 Å². The SMILES string of the molecule is COc1ccc([C@H]2C[C@@H]2COc2nc(C)ncc2-c2ccc(=O)n(C)c2)nc1. The van der Waals surface area contributed by atoms with E-state index in [1.807, 2.05) is 19.1 Å². The maximum atomic E-state index is 11.7. The summed E-state index contributed by atoms with van der Waals surface area (Å²) in [7, 11) is 3.36. The van der Waals surface area contributed by atoms with Crippen LogP contribution >= 0.6 is 0 Å². The van der Waals surface area contributed by atoms with Crippen LogP contribution in [0.1, 0.15) is 23.9 Å². The van der Waals surface area contributed by atoms with Gasteiger partial charge in [-0.3, -0.25) is 9.78 Å². The Balaban J connectivity index is 1.48. The van der Waals surface area contributed by atoms with Gasteiger partial charge in [-0.1, -0.05) is 0 Å². The van der Waals surface area contributed by atoms with Gasteiger partial charge in [0.2, 0.25) is 11.4 Å². The summed E-state index contributed by atoms with van der Waals surface area (Å²) < 4.78 is 12.8. The lowest BCUT2D eigenvalue weighted by Gasteiger charge is -2.11. The zero-order valence-corrected chi connectivity index (χ0v) is 16.1. The molecule has 7 heteroatoms. The van der Waals surface area contributed by atoms with Gasteiger partial charge in [-0.05, 0) is 31.5 Å². The lowest BCUT2D eigenvalue weighted by Crippen LogP contribution is -2.14. The average molecular weight is 378 g/mol. The second-order valence-electron chi connectivity index (χ2n) is 7.04. The topological polar surface area (TPSA) is 79.1 Å². The second-order valence-corrected chi connectivity index (χ2v) is 7.04. The molecule has 1 saturated carbocycles. The average Bonchev–Trinajstić information content (AvgIpc) is 3.48. The van der Waals surface area contributed by atoms with Crippen LogP contribution in [0.3, 0.4) is 0 Å². The molecule has 0 aliphatic heterocycles. The smallest absolute Gasteiger partial charge is 0.250 e. The fourth-order valence-electron chi connectivity index (χ4n) is 3.22. The van der Waals surface area contributed by atoms with Crippen LogP contribution in [0, 0.1) is 12.8 Å². The Labute approximate surface area is 163 Å². The van der Waals surface area contributed by atoms with Crippen LogP contribution in [0.4, 0.5) is 0 Å². The van der Waals surface area contributed by atoms with Crippen LogP contribution in [0.2, 0.25) is 0 Å². The first-order valence-corrected chi connectivity index (χ1v) is 9.18. The van der Waals surface area contributed by atoms with Crippen molar-refractivity contribution in [3.05, 3.63) is 64.7 Å². The van der Waals surface area contributed by atoms with E-state index in [1.165, 1.54) is 10.6 Å². The van der Waals surface area contributed by atoms with Crippen molar-refractivity contribution in [3.8, 4) is 22.8 Å². The molecule has 0 N–H and O–H groups in total. The van der Waals surface area contributed by atoms with Crippen molar-refractivity contribution >= 4 is 0 Å². The minimum Gasteiger partial charge on any atom is -0.495 e. The van der Waals surface area contributed by atoms with Crippen LogP contribution in [0.15, 0.2) is 47.7 Å². The number of hydrogen-bond donors (Lipinski definition) is 0. The van der Waals surface area contributed by atoms with E-state index in [2.05, 4.69) is 15.0 Å². The van der Waals surface area contributed by atoms with Crippen molar-refractivity contribution in [2.24, 2.45) is 13.0 Å². The van der Waals surface area contributed by atoms with E-state index in [1.54, 1.807) is 38.8 Å². The van der Waals surface area contributed by atoms with Crippen molar-refractivity contribution in [1.82, 2.24) is 19.5 Å². The number of aromatic nitrogens is 4. The highest BCUT2D eigenvalue weighted by atomic mass is 16.5. The quantitative estimate of drug-likeness (QED) is 0.656. The summed E-state index contributed by atoms with van der Waals surface area (Å²) in [5, 5.41) is 0. The molecule has 3 aromatic rings. The molecule has 0 spiro atoms. The fraction of sp³-hybridized carbons (Fsp3) is 0.333. The van der Waals surface area contributed by atoms with Gasteiger partial charge in [-0.25, -0.2) is 4.98 Å². The third-order valence-electron chi connectivity index (χ3n) is 5.00. The summed E-state index contributed by atoms with van der Waals surface area (Å²) in [6, 6.07) is 7.24. The number of methoxy groups -OCH3 is 1. The third kappa shape index (κ3) is 3.74. The van der Waals surface area contributed by atoms with Gasteiger partial charge in [-0.15, -0.1) is 0 Å². The molecule has 3 heterocycles. The summed E-state index contributed by atoms with van der Waals surface area (Å²) in [6.07, 6.45) is 6.30. The monoisotopic (exact) mass is 378 g/mol. The van der Waals surface area contributed by atoms with E-state index >= 15 is 0 Å². The number of hydrogen-bond acceptors (Lipinski definition) is 6. The summed E-state index contributed by atoms with van der Waals surface area (Å²) in [5.41, 5.74) is 2.63. The predicted octanol–water partition coefficient (Wildman–Crippen LogP) is 2.74. The molecule has 7 nitrogen and oxygen atoms in total. The van der Waals surface area contributed by atoms with Crippen LogP contribution in [-0.4, -0.2) is 33.2 Å². The Bertz CT molecular complexity index is 1050. The molecule has 3 aromatic heterocycles. The number of rotatable bonds is 6. The molecule has 144 valence electrons. The largest absolute Gasteiger partial charge is 0.495 e. The van der Waals surface area contributed by atoms with Crippen LogP contribution in [0.25, 0.3) is 11.1 Å². The first kappa shape index (κ1) is 18.2. The Morgan fingerprint density at radius 1 is 1.18 bits per heavy atom. The first-order valence-electron chi connectivity index (χ1n) is 9.18. The summed E-state index contributed by atoms with van der Waals surface area (Å²) in [5.74, 6) is 2.75. The molecule has 28 heavy (non-hydrogen) atoms. The van der Waals surface area contributed by atoms with Crippen LogP contribution < -0.4 is 15.0 Å². The minimum absolute atomic E-state index is 0.0629. The normalized spacial score (nSPS) is 18.0. The van der Waals surface area contributed by atoms with Gasteiger partial charge < -0.3 is 14.0 Å². The highest BCUT2D eigenvalue weighted by Gasteiger charge is 2.40. The van der Waals surface area contributed by atoms with Crippen molar-refractivity contribution < 1.29 is 9.47 Å². The fourth-order valence-corrected chi connectivity index (χ4v) is 3.22. The Kier molecular flexibility index (Phi) is 4.81. The molecule has 0 aromatic carbocycles. The van der Waals surface area contributed by atoms with Crippen LogP contribution in [0.5, 0.6) is 11.6 Å². The molecule has 1 aliphatic rings. The molecule has 2 atom stereocenters. The predicted molar refractivity (Wildman–Crippen MR) is 105 cm³/mol. The number of ether oxygens (including phenoxy) is 2. The van der Waals surface area contributed by atoms with E-state index in [0.717, 1.165) is 29.0 Å². The molecular formula is C21H22N4O3. The van der Waals surface area contributed by atoms with Gasteiger partial charge >= 0.3 is 0 Å². The second kappa shape index (κ2) is 7.42. The summed E-state index contributed by atoms with van der Waals surface area (Å²) in [4.78, 5) is 24.9. The van der Waals surface area contributed by atoms with E-state index in [0.29, 0.717) is 30.1 Å². The van der Waals surface area contributed by atoms with Gasteiger partial charge in [0.1, 0.15) is 11.6 Å². The lowest BCUT2D eigenvalue weighted by atomic mass is 10.1. The van der Waals surface area contributed by atoms with Crippen molar-refractivity contribution in [2.75, 3.05) is 13.7 Å². The molecule has 0 saturated heterocycles. The van der Waals surface area contributed by atoms with E-state index in [4.69, 9.17) is 9.47 Å². The van der Waals surface area contributed by atoms with Gasteiger partial charge in [0.25, 0.3) is 0 Å². The molecule has 0 amide bonds.